The van der Waals surface area contributed by atoms with Crippen molar-refractivity contribution >= 4 is 23.8 Å². The maximum atomic E-state index is 11.2. The van der Waals surface area contributed by atoms with Crippen LogP contribution >= 0.6 is 11.8 Å². The van der Waals surface area contributed by atoms with Gasteiger partial charge in [-0.1, -0.05) is 12.1 Å². The molecular weight excluding hydrogens is 268 g/mol. The Kier molecular flexibility index (Phi) is 3.62. The van der Waals surface area contributed by atoms with Gasteiger partial charge in [-0.3, -0.25) is 4.90 Å². The van der Waals surface area contributed by atoms with Gasteiger partial charge in [0, 0.05) is 5.75 Å². The number of carbonyl (C=O) groups is 2. The minimum Gasteiger partial charge on any atom is -0.480 e. The molecule has 1 aliphatic rings. The molecule has 1 amide bonds. The molecule has 0 saturated carbocycles. The Morgan fingerprint density at radius 3 is 2.74 bits per heavy atom. The van der Waals surface area contributed by atoms with Crippen LogP contribution in [-0.4, -0.2) is 39.0 Å². The zero-order valence-electron chi connectivity index (χ0n) is 9.68. The molecule has 1 unspecified atom stereocenters. The number of amides is 1. The summed E-state index contributed by atoms with van der Waals surface area (Å²) in [6.07, 6.45) is -1.27. The third-order valence-corrected chi connectivity index (χ3v) is 4.13. The fraction of sp³-hybridized carbons (Fsp3) is 0.250. The molecule has 0 spiro atoms. The van der Waals surface area contributed by atoms with Crippen molar-refractivity contribution < 1.29 is 19.8 Å². The third-order valence-electron chi connectivity index (χ3n) is 2.81. The van der Waals surface area contributed by atoms with Gasteiger partial charge in [-0.25, -0.2) is 9.59 Å². The monoisotopic (exact) mass is 278 g/mol. The summed E-state index contributed by atoms with van der Waals surface area (Å²) >= 11 is 1.24. The molecule has 1 aliphatic heterocycles. The highest BCUT2D eigenvalue weighted by Gasteiger charge is 2.42. The second-order valence-electron chi connectivity index (χ2n) is 3.97. The van der Waals surface area contributed by atoms with Crippen molar-refractivity contribution in [2.75, 3.05) is 5.75 Å². The fourth-order valence-corrected chi connectivity index (χ4v) is 3.35. The lowest BCUT2D eigenvalue weighted by atomic mass is 10.1. The quantitative estimate of drug-likeness (QED) is 0.854. The van der Waals surface area contributed by atoms with Crippen molar-refractivity contribution in [2.45, 2.75) is 11.4 Å². The molecule has 1 aromatic carbocycles. The minimum absolute atomic E-state index is 0.198. The standard InChI is InChI=1S/C12H10N2O4S/c13-5-7-2-1-3-8(4-7)10-14(12(17)18)9(6-19-10)11(15)16/h1-4,9-10H,6H2,(H,15,16)(H,17,18)/t9?,10-/m1/s1. The van der Waals surface area contributed by atoms with Gasteiger partial charge in [0.25, 0.3) is 0 Å². The number of hydrogen-bond acceptors (Lipinski definition) is 4. The fourth-order valence-electron chi connectivity index (χ4n) is 1.95. The van der Waals surface area contributed by atoms with E-state index >= 15 is 0 Å². The van der Waals surface area contributed by atoms with E-state index in [-0.39, 0.29) is 5.75 Å². The van der Waals surface area contributed by atoms with E-state index in [1.54, 1.807) is 24.3 Å². The molecule has 0 aromatic heterocycles. The van der Waals surface area contributed by atoms with Crippen molar-refractivity contribution in [3.8, 4) is 6.07 Å². The van der Waals surface area contributed by atoms with Crippen molar-refractivity contribution in [3.05, 3.63) is 35.4 Å². The third kappa shape index (κ3) is 2.48. The predicted molar refractivity (Wildman–Crippen MR) is 67.6 cm³/mol. The number of nitriles is 1. The Bertz CT molecular complexity index is 569. The maximum Gasteiger partial charge on any atom is 0.409 e. The molecule has 2 rings (SSSR count). The van der Waals surface area contributed by atoms with Crippen LogP contribution in [0.25, 0.3) is 0 Å². The Morgan fingerprint density at radius 2 is 2.16 bits per heavy atom. The lowest BCUT2D eigenvalue weighted by Crippen LogP contribution is -2.42. The van der Waals surface area contributed by atoms with Crippen LogP contribution in [0.1, 0.15) is 16.5 Å². The summed E-state index contributed by atoms with van der Waals surface area (Å²) in [6.45, 7) is 0. The largest absolute Gasteiger partial charge is 0.480 e. The summed E-state index contributed by atoms with van der Waals surface area (Å²) in [7, 11) is 0. The van der Waals surface area contributed by atoms with Crippen LogP contribution in [0.2, 0.25) is 0 Å². The number of rotatable bonds is 2. The van der Waals surface area contributed by atoms with Crippen molar-refractivity contribution in [3.63, 3.8) is 0 Å². The molecule has 1 heterocycles. The number of carboxylic acid groups (broad SMARTS) is 2. The number of nitrogens with zero attached hydrogens (tertiary/aromatic N) is 2. The number of thioether (sulfide) groups is 1. The molecular formula is C12H10N2O4S. The van der Waals surface area contributed by atoms with E-state index in [9.17, 15) is 14.7 Å². The Hall–Kier alpha value is -2.20. The normalized spacial score (nSPS) is 21.9. The van der Waals surface area contributed by atoms with Crippen molar-refractivity contribution in [1.82, 2.24) is 4.90 Å². The van der Waals surface area contributed by atoms with E-state index in [0.29, 0.717) is 11.1 Å². The van der Waals surface area contributed by atoms with E-state index in [0.717, 1.165) is 4.90 Å². The first-order valence-electron chi connectivity index (χ1n) is 5.40. The van der Waals surface area contributed by atoms with Gasteiger partial charge in [0.15, 0.2) is 0 Å². The van der Waals surface area contributed by atoms with Crippen LogP contribution in [0, 0.1) is 11.3 Å². The zero-order valence-corrected chi connectivity index (χ0v) is 10.5. The minimum atomic E-state index is -1.27. The average Bonchev–Trinajstić information content (AvgIpc) is 2.83. The van der Waals surface area contributed by atoms with E-state index in [1.165, 1.54) is 11.8 Å². The topological polar surface area (TPSA) is 102 Å². The van der Waals surface area contributed by atoms with E-state index in [2.05, 4.69) is 0 Å². The molecule has 0 bridgehead atoms. The van der Waals surface area contributed by atoms with E-state index < -0.39 is 23.5 Å². The van der Waals surface area contributed by atoms with Gasteiger partial charge in [-0.15, -0.1) is 11.8 Å². The highest BCUT2D eigenvalue weighted by Crippen LogP contribution is 2.41. The van der Waals surface area contributed by atoms with Gasteiger partial charge in [0.1, 0.15) is 11.4 Å². The molecule has 98 valence electrons. The summed E-state index contributed by atoms with van der Waals surface area (Å²) in [5, 5.41) is 26.5. The van der Waals surface area contributed by atoms with Crippen LogP contribution in [0.4, 0.5) is 4.79 Å². The summed E-state index contributed by atoms with van der Waals surface area (Å²) in [5.74, 6) is -0.961. The Balaban J connectivity index is 2.36. The summed E-state index contributed by atoms with van der Waals surface area (Å²) in [4.78, 5) is 23.2. The molecule has 7 heteroatoms. The molecule has 2 N–H and O–H groups in total. The molecule has 6 nitrogen and oxygen atoms in total. The highest BCUT2D eigenvalue weighted by molar-refractivity contribution is 7.99. The van der Waals surface area contributed by atoms with Crippen LogP contribution in [-0.2, 0) is 4.79 Å². The highest BCUT2D eigenvalue weighted by atomic mass is 32.2. The van der Waals surface area contributed by atoms with Gasteiger partial charge >= 0.3 is 12.1 Å². The van der Waals surface area contributed by atoms with Gasteiger partial charge in [-0.2, -0.15) is 5.26 Å². The lowest BCUT2D eigenvalue weighted by Gasteiger charge is -2.24. The average molecular weight is 278 g/mol. The SMILES string of the molecule is N#Cc1cccc([C@H]2SCC(C(=O)O)N2C(=O)O)c1. The lowest BCUT2D eigenvalue weighted by molar-refractivity contribution is -0.141. The number of aliphatic carboxylic acids is 1. The van der Waals surface area contributed by atoms with Crippen molar-refractivity contribution in [2.24, 2.45) is 0 Å². The molecule has 1 aromatic rings. The van der Waals surface area contributed by atoms with Gasteiger partial charge in [-0.05, 0) is 17.7 Å². The maximum absolute atomic E-state index is 11.2. The van der Waals surface area contributed by atoms with E-state index in [1.807, 2.05) is 6.07 Å². The van der Waals surface area contributed by atoms with Crippen molar-refractivity contribution in [1.29, 1.82) is 5.26 Å². The molecule has 2 atom stereocenters. The summed E-state index contributed by atoms with van der Waals surface area (Å²) in [5.41, 5.74) is 1.04. The van der Waals surface area contributed by atoms with Crippen LogP contribution < -0.4 is 0 Å². The number of hydrogen-bond donors (Lipinski definition) is 2. The zero-order chi connectivity index (χ0) is 14.0. The second kappa shape index (κ2) is 5.20. The number of benzene rings is 1. The van der Waals surface area contributed by atoms with Gasteiger partial charge in [0.05, 0.1) is 11.6 Å². The first-order valence-corrected chi connectivity index (χ1v) is 6.45. The van der Waals surface area contributed by atoms with E-state index in [4.69, 9.17) is 10.4 Å². The summed E-state index contributed by atoms with van der Waals surface area (Å²) < 4.78 is 0. The van der Waals surface area contributed by atoms with Crippen LogP contribution in [0.15, 0.2) is 24.3 Å². The predicted octanol–water partition coefficient (Wildman–Crippen LogP) is 1.74. The number of carboxylic acids is 1. The second-order valence-corrected chi connectivity index (χ2v) is 5.08. The first-order chi connectivity index (χ1) is 9.04. The van der Waals surface area contributed by atoms with Gasteiger partial charge < -0.3 is 10.2 Å². The smallest absolute Gasteiger partial charge is 0.409 e. The molecule has 19 heavy (non-hydrogen) atoms. The van der Waals surface area contributed by atoms with Gasteiger partial charge in [0.2, 0.25) is 0 Å². The molecule has 1 saturated heterocycles. The molecule has 0 aliphatic carbocycles. The van der Waals surface area contributed by atoms with Crippen LogP contribution in [0.3, 0.4) is 0 Å². The Labute approximate surface area is 113 Å². The summed E-state index contributed by atoms with van der Waals surface area (Å²) in [6, 6.07) is 7.46. The van der Waals surface area contributed by atoms with Crippen LogP contribution in [0.5, 0.6) is 0 Å². The first kappa shape index (κ1) is 13.2. The molecule has 1 fully saturated rings. The molecule has 0 radical (unpaired) electrons. The Morgan fingerprint density at radius 1 is 1.42 bits per heavy atom.